The van der Waals surface area contributed by atoms with Gasteiger partial charge in [-0.05, 0) is 40.2 Å². The lowest BCUT2D eigenvalue weighted by Crippen LogP contribution is -2.38. The van der Waals surface area contributed by atoms with Gasteiger partial charge in [-0.1, -0.05) is 29.8 Å². The molecule has 1 heterocycles. The molecule has 0 spiro atoms. The molecule has 2 N–H and O–H groups in total. The predicted octanol–water partition coefficient (Wildman–Crippen LogP) is 3.75. The molecule has 27 heavy (non-hydrogen) atoms. The molecule has 0 aliphatic rings. The van der Waals surface area contributed by atoms with Crippen LogP contribution in [0.3, 0.4) is 0 Å². The number of aliphatic imine (C=N–C) groups is 1. The minimum atomic E-state index is -0.314. The van der Waals surface area contributed by atoms with Crippen LogP contribution in [0.2, 0.25) is 0 Å². The Hall–Kier alpha value is -2.41. The summed E-state index contributed by atoms with van der Waals surface area (Å²) in [7, 11) is 0. The van der Waals surface area contributed by atoms with Crippen LogP contribution in [0.1, 0.15) is 58.3 Å². The fourth-order valence-corrected chi connectivity index (χ4v) is 3.40. The topological polar surface area (TPSA) is 75.6 Å². The maximum Gasteiger partial charge on any atom is 0.350 e. The Morgan fingerprint density at radius 3 is 2.59 bits per heavy atom. The number of thiazole rings is 1. The van der Waals surface area contributed by atoms with Crippen LogP contribution >= 0.6 is 11.3 Å². The summed E-state index contributed by atoms with van der Waals surface area (Å²) in [5.74, 6) is 0.405. The molecule has 146 valence electrons. The maximum atomic E-state index is 12.0. The van der Waals surface area contributed by atoms with Gasteiger partial charge in [0.2, 0.25) is 0 Å². The zero-order valence-electron chi connectivity index (χ0n) is 16.6. The average molecular weight is 389 g/mol. The number of carbonyl (C=O) groups excluding carboxylic acids is 1. The van der Waals surface area contributed by atoms with E-state index in [0.717, 1.165) is 23.1 Å². The van der Waals surface area contributed by atoms with Gasteiger partial charge in [0.1, 0.15) is 9.88 Å². The third kappa shape index (κ3) is 6.06. The number of ether oxygens (including phenoxy) is 1. The van der Waals surface area contributed by atoms with Crippen LogP contribution in [-0.2, 0) is 11.3 Å². The molecular weight excluding hydrogens is 360 g/mol. The summed E-state index contributed by atoms with van der Waals surface area (Å²) >= 11 is 1.36. The van der Waals surface area contributed by atoms with Crippen molar-refractivity contribution in [3.8, 4) is 0 Å². The summed E-state index contributed by atoms with van der Waals surface area (Å²) in [6, 6.07) is 8.27. The first-order valence-corrected chi connectivity index (χ1v) is 10.0. The number of carbonyl (C=O) groups is 1. The quantitative estimate of drug-likeness (QED) is 0.429. The first kappa shape index (κ1) is 20.9. The zero-order valence-corrected chi connectivity index (χ0v) is 17.4. The first-order valence-electron chi connectivity index (χ1n) is 9.19. The van der Waals surface area contributed by atoms with E-state index in [2.05, 4.69) is 51.8 Å². The number of aromatic nitrogens is 1. The lowest BCUT2D eigenvalue weighted by molar-refractivity contribution is 0.0531. The second kappa shape index (κ2) is 10.1. The number of nitrogens with zero attached hydrogens (tertiary/aromatic N) is 2. The molecule has 7 heteroatoms. The van der Waals surface area contributed by atoms with Crippen molar-refractivity contribution in [2.24, 2.45) is 4.99 Å². The molecule has 1 aromatic heterocycles. The summed E-state index contributed by atoms with van der Waals surface area (Å²) in [5, 5.41) is 7.45. The molecule has 0 aliphatic carbocycles. The van der Waals surface area contributed by atoms with Crippen LogP contribution < -0.4 is 10.6 Å². The van der Waals surface area contributed by atoms with Gasteiger partial charge in [-0.2, -0.15) is 0 Å². The third-order valence-electron chi connectivity index (χ3n) is 3.88. The van der Waals surface area contributed by atoms with Gasteiger partial charge in [0.15, 0.2) is 5.96 Å². The van der Waals surface area contributed by atoms with Gasteiger partial charge in [0.05, 0.1) is 24.9 Å². The minimum Gasteiger partial charge on any atom is -0.462 e. The molecule has 1 aromatic carbocycles. The number of benzene rings is 1. The molecule has 0 bridgehead atoms. The molecule has 0 aliphatic heterocycles. The molecule has 1 unspecified atom stereocenters. The van der Waals surface area contributed by atoms with E-state index in [0.29, 0.717) is 23.7 Å². The SMILES string of the molecule is CCNC(=NCc1ccc(C)cc1)NC(C)c1nc(C)c(C(=O)OCC)s1. The van der Waals surface area contributed by atoms with Crippen molar-refractivity contribution in [3.05, 3.63) is 51.0 Å². The first-order chi connectivity index (χ1) is 12.9. The van der Waals surface area contributed by atoms with E-state index in [-0.39, 0.29) is 12.0 Å². The van der Waals surface area contributed by atoms with Crippen molar-refractivity contribution in [2.45, 2.75) is 47.2 Å². The Labute approximate surface area is 165 Å². The van der Waals surface area contributed by atoms with E-state index in [1.807, 2.05) is 20.8 Å². The maximum absolute atomic E-state index is 12.0. The van der Waals surface area contributed by atoms with E-state index in [4.69, 9.17) is 4.74 Å². The van der Waals surface area contributed by atoms with Crippen LogP contribution in [0, 0.1) is 13.8 Å². The number of hydrogen-bond acceptors (Lipinski definition) is 5. The number of hydrogen-bond donors (Lipinski definition) is 2. The number of guanidine groups is 1. The van der Waals surface area contributed by atoms with E-state index in [1.54, 1.807) is 6.92 Å². The summed E-state index contributed by atoms with van der Waals surface area (Å²) in [6.45, 7) is 11.4. The monoisotopic (exact) mass is 388 g/mol. The van der Waals surface area contributed by atoms with Crippen molar-refractivity contribution in [2.75, 3.05) is 13.2 Å². The highest BCUT2D eigenvalue weighted by molar-refractivity contribution is 7.13. The van der Waals surface area contributed by atoms with E-state index < -0.39 is 0 Å². The lowest BCUT2D eigenvalue weighted by atomic mass is 10.1. The van der Waals surface area contributed by atoms with Gasteiger partial charge < -0.3 is 15.4 Å². The van der Waals surface area contributed by atoms with E-state index in [1.165, 1.54) is 16.9 Å². The second-order valence-electron chi connectivity index (χ2n) is 6.23. The van der Waals surface area contributed by atoms with Crippen molar-refractivity contribution < 1.29 is 9.53 Å². The molecule has 0 fully saturated rings. The van der Waals surface area contributed by atoms with Gasteiger partial charge in [-0.3, -0.25) is 0 Å². The lowest BCUT2D eigenvalue weighted by Gasteiger charge is -2.16. The Bertz CT molecular complexity index is 784. The summed E-state index contributed by atoms with van der Waals surface area (Å²) in [5.41, 5.74) is 3.08. The Balaban J connectivity index is 2.08. The van der Waals surface area contributed by atoms with Crippen LogP contribution in [0.25, 0.3) is 0 Å². The standard InChI is InChI=1S/C20H28N4O2S/c1-6-21-20(22-12-16-10-8-13(3)9-11-16)24-15(5)18-23-14(4)17(27-18)19(25)26-7-2/h8-11,15H,6-7,12H2,1-5H3,(H2,21,22,24). The molecule has 2 aromatic rings. The van der Waals surface area contributed by atoms with Crippen LogP contribution in [0.5, 0.6) is 0 Å². The normalized spacial score (nSPS) is 12.6. The molecule has 6 nitrogen and oxygen atoms in total. The average Bonchev–Trinajstić information content (AvgIpc) is 3.03. The Kier molecular flexibility index (Phi) is 7.79. The van der Waals surface area contributed by atoms with Gasteiger partial charge >= 0.3 is 5.97 Å². The highest BCUT2D eigenvalue weighted by atomic mass is 32.1. The second-order valence-corrected chi connectivity index (χ2v) is 7.26. The Morgan fingerprint density at radius 2 is 1.96 bits per heavy atom. The molecule has 2 rings (SSSR count). The van der Waals surface area contributed by atoms with Crippen molar-refractivity contribution >= 4 is 23.3 Å². The largest absolute Gasteiger partial charge is 0.462 e. The van der Waals surface area contributed by atoms with Crippen molar-refractivity contribution in [3.63, 3.8) is 0 Å². The third-order valence-corrected chi connectivity index (χ3v) is 5.20. The van der Waals surface area contributed by atoms with Gasteiger partial charge in [0.25, 0.3) is 0 Å². The van der Waals surface area contributed by atoms with Gasteiger partial charge in [0, 0.05) is 6.54 Å². The molecule has 1 atom stereocenters. The fraction of sp³-hybridized carbons (Fsp3) is 0.450. The van der Waals surface area contributed by atoms with Crippen molar-refractivity contribution in [1.29, 1.82) is 0 Å². The minimum absolute atomic E-state index is 0.0762. The summed E-state index contributed by atoms with van der Waals surface area (Å²) in [6.07, 6.45) is 0. The highest BCUT2D eigenvalue weighted by Gasteiger charge is 2.20. The highest BCUT2D eigenvalue weighted by Crippen LogP contribution is 2.24. The number of rotatable bonds is 7. The van der Waals surface area contributed by atoms with Crippen LogP contribution in [0.4, 0.5) is 0 Å². The smallest absolute Gasteiger partial charge is 0.350 e. The molecule has 0 saturated heterocycles. The summed E-state index contributed by atoms with van der Waals surface area (Å²) < 4.78 is 5.09. The van der Waals surface area contributed by atoms with E-state index >= 15 is 0 Å². The van der Waals surface area contributed by atoms with E-state index in [9.17, 15) is 4.79 Å². The number of aryl methyl sites for hydroxylation is 2. The van der Waals surface area contributed by atoms with Crippen LogP contribution in [-0.4, -0.2) is 30.1 Å². The van der Waals surface area contributed by atoms with Gasteiger partial charge in [-0.25, -0.2) is 14.8 Å². The summed E-state index contributed by atoms with van der Waals surface area (Å²) in [4.78, 5) is 21.7. The van der Waals surface area contributed by atoms with Crippen LogP contribution in [0.15, 0.2) is 29.3 Å². The fourth-order valence-electron chi connectivity index (χ4n) is 2.44. The van der Waals surface area contributed by atoms with Crippen molar-refractivity contribution in [1.82, 2.24) is 15.6 Å². The molecule has 0 radical (unpaired) electrons. The number of esters is 1. The molecule has 0 amide bonds. The Morgan fingerprint density at radius 1 is 1.26 bits per heavy atom. The van der Waals surface area contributed by atoms with Gasteiger partial charge in [-0.15, -0.1) is 11.3 Å². The number of nitrogens with one attached hydrogen (secondary N) is 2. The molecular formula is C20H28N4O2S. The zero-order chi connectivity index (χ0) is 19.8. The molecule has 0 saturated carbocycles. The predicted molar refractivity (Wildman–Crippen MR) is 110 cm³/mol.